The van der Waals surface area contributed by atoms with E-state index in [-0.39, 0.29) is 11.8 Å². The van der Waals surface area contributed by atoms with E-state index in [4.69, 9.17) is 4.42 Å². The molecule has 4 rings (SSSR count). The van der Waals surface area contributed by atoms with Gasteiger partial charge in [0.05, 0.1) is 11.6 Å². The van der Waals surface area contributed by atoms with Gasteiger partial charge in [0, 0.05) is 6.20 Å². The molecule has 6 nitrogen and oxygen atoms in total. The summed E-state index contributed by atoms with van der Waals surface area (Å²) < 4.78 is 21.2. The Morgan fingerprint density at radius 3 is 2.77 bits per heavy atom. The van der Waals surface area contributed by atoms with Gasteiger partial charge >= 0.3 is 0 Å². The molecular formula is C19H15FN4O2. The van der Waals surface area contributed by atoms with E-state index in [1.165, 1.54) is 12.1 Å². The first-order valence-corrected chi connectivity index (χ1v) is 8.09. The molecule has 1 atom stereocenters. The van der Waals surface area contributed by atoms with Crippen molar-refractivity contribution >= 4 is 11.6 Å². The zero-order valence-corrected chi connectivity index (χ0v) is 13.9. The second kappa shape index (κ2) is 6.44. The maximum absolute atomic E-state index is 13.9. The molecule has 0 fully saturated rings. The summed E-state index contributed by atoms with van der Waals surface area (Å²) in [5, 5.41) is 11.0. The molecule has 1 unspecified atom stereocenters. The number of fused-ring (bicyclic) bond motifs is 1. The Labute approximate surface area is 148 Å². The van der Waals surface area contributed by atoms with Crippen molar-refractivity contribution in [1.29, 1.82) is 0 Å². The normalized spacial score (nSPS) is 12.2. The molecule has 1 N–H and O–H groups in total. The third-order valence-electron chi connectivity index (χ3n) is 4.04. The molecule has 4 aromatic rings. The van der Waals surface area contributed by atoms with Crippen molar-refractivity contribution in [3.05, 3.63) is 78.2 Å². The first kappa shape index (κ1) is 16.0. The van der Waals surface area contributed by atoms with Gasteiger partial charge in [-0.25, -0.2) is 4.39 Å². The smallest absolute Gasteiger partial charge is 0.287 e. The number of amides is 1. The summed E-state index contributed by atoms with van der Waals surface area (Å²) in [6.07, 6.45) is 1.83. The number of hydrogen-bond donors (Lipinski definition) is 1. The molecular weight excluding hydrogens is 335 g/mol. The van der Waals surface area contributed by atoms with Crippen LogP contribution >= 0.6 is 0 Å². The molecule has 0 radical (unpaired) electrons. The summed E-state index contributed by atoms with van der Waals surface area (Å²) >= 11 is 0. The predicted octanol–water partition coefficient (Wildman–Crippen LogP) is 3.62. The van der Waals surface area contributed by atoms with Crippen LogP contribution in [0.1, 0.15) is 29.3 Å². The first-order chi connectivity index (χ1) is 12.6. The van der Waals surface area contributed by atoms with Gasteiger partial charge in [-0.1, -0.05) is 18.2 Å². The van der Waals surface area contributed by atoms with Gasteiger partial charge in [-0.05, 0) is 43.3 Å². The number of carbonyl (C=O) groups is 1. The number of nitrogens with zero attached hydrogens (tertiary/aromatic N) is 3. The summed E-state index contributed by atoms with van der Waals surface area (Å²) in [5.41, 5.74) is 1.01. The SMILES string of the molecule is CC(NC(=O)c1ccc(-c2ccccc2F)o1)c1nnc2ccccn12. The summed E-state index contributed by atoms with van der Waals surface area (Å²) in [5.74, 6) is 0.192. The van der Waals surface area contributed by atoms with E-state index in [1.807, 2.05) is 31.3 Å². The van der Waals surface area contributed by atoms with Crippen molar-refractivity contribution in [2.24, 2.45) is 0 Å². The van der Waals surface area contributed by atoms with Crippen LogP contribution in [0.4, 0.5) is 4.39 Å². The zero-order chi connectivity index (χ0) is 18.1. The Balaban J connectivity index is 1.54. The summed E-state index contributed by atoms with van der Waals surface area (Å²) in [6.45, 7) is 1.81. The number of furan rings is 1. The molecule has 0 aliphatic rings. The van der Waals surface area contributed by atoms with Crippen LogP contribution in [0.2, 0.25) is 0 Å². The molecule has 7 heteroatoms. The Bertz CT molecular complexity index is 1090. The van der Waals surface area contributed by atoms with Crippen LogP contribution < -0.4 is 5.32 Å². The predicted molar refractivity (Wildman–Crippen MR) is 93.0 cm³/mol. The molecule has 0 saturated heterocycles. The molecule has 0 spiro atoms. The van der Waals surface area contributed by atoms with Crippen LogP contribution in [0.5, 0.6) is 0 Å². The molecule has 130 valence electrons. The van der Waals surface area contributed by atoms with Crippen molar-refractivity contribution < 1.29 is 13.6 Å². The lowest BCUT2D eigenvalue weighted by Gasteiger charge is -2.11. The number of halogens is 1. The number of rotatable bonds is 4. The average Bonchev–Trinajstić information content (AvgIpc) is 3.29. The fourth-order valence-electron chi connectivity index (χ4n) is 2.75. The van der Waals surface area contributed by atoms with Gasteiger partial charge in [0.1, 0.15) is 11.6 Å². The maximum Gasteiger partial charge on any atom is 0.287 e. The Morgan fingerprint density at radius 2 is 1.92 bits per heavy atom. The minimum atomic E-state index is -0.409. The molecule has 0 saturated carbocycles. The van der Waals surface area contributed by atoms with Crippen LogP contribution in [0.15, 0.2) is 65.2 Å². The van der Waals surface area contributed by atoms with Crippen LogP contribution in [0, 0.1) is 5.82 Å². The van der Waals surface area contributed by atoms with Crippen molar-refractivity contribution in [2.75, 3.05) is 0 Å². The second-order valence-corrected chi connectivity index (χ2v) is 5.83. The number of hydrogen-bond acceptors (Lipinski definition) is 4. The third kappa shape index (κ3) is 2.83. The third-order valence-corrected chi connectivity index (χ3v) is 4.04. The molecule has 0 bridgehead atoms. The van der Waals surface area contributed by atoms with E-state index in [0.29, 0.717) is 22.8 Å². The molecule has 1 aromatic carbocycles. The number of pyridine rings is 1. The average molecular weight is 350 g/mol. The second-order valence-electron chi connectivity index (χ2n) is 5.83. The van der Waals surface area contributed by atoms with E-state index in [2.05, 4.69) is 15.5 Å². The molecule has 1 amide bonds. The van der Waals surface area contributed by atoms with Crippen molar-refractivity contribution in [2.45, 2.75) is 13.0 Å². The minimum Gasteiger partial charge on any atom is -0.451 e. The van der Waals surface area contributed by atoms with Crippen molar-refractivity contribution in [3.8, 4) is 11.3 Å². The number of benzene rings is 1. The Morgan fingerprint density at radius 1 is 1.12 bits per heavy atom. The molecule has 0 aliphatic carbocycles. The fourth-order valence-corrected chi connectivity index (χ4v) is 2.75. The zero-order valence-electron chi connectivity index (χ0n) is 13.9. The van der Waals surface area contributed by atoms with Gasteiger partial charge in [-0.3, -0.25) is 9.20 Å². The minimum absolute atomic E-state index is 0.101. The lowest BCUT2D eigenvalue weighted by Crippen LogP contribution is -2.27. The topological polar surface area (TPSA) is 72.4 Å². The van der Waals surface area contributed by atoms with Crippen molar-refractivity contribution in [1.82, 2.24) is 19.9 Å². The fraction of sp³-hybridized carbons (Fsp3) is 0.105. The monoisotopic (exact) mass is 350 g/mol. The molecule has 0 aliphatic heterocycles. The van der Waals surface area contributed by atoms with E-state index in [0.717, 1.165) is 0 Å². The molecule has 3 aromatic heterocycles. The van der Waals surface area contributed by atoms with Crippen LogP contribution in [-0.2, 0) is 0 Å². The van der Waals surface area contributed by atoms with E-state index < -0.39 is 11.7 Å². The summed E-state index contributed by atoms with van der Waals surface area (Å²) in [6, 6.07) is 14.5. The number of nitrogens with one attached hydrogen (secondary N) is 1. The van der Waals surface area contributed by atoms with Crippen LogP contribution in [0.3, 0.4) is 0 Å². The van der Waals surface area contributed by atoms with E-state index in [9.17, 15) is 9.18 Å². The van der Waals surface area contributed by atoms with Crippen LogP contribution in [-0.4, -0.2) is 20.5 Å². The number of carbonyl (C=O) groups excluding carboxylic acids is 1. The van der Waals surface area contributed by atoms with E-state index >= 15 is 0 Å². The highest BCUT2D eigenvalue weighted by atomic mass is 19.1. The summed E-state index contributed by atoms with van der Waals surface area (Å²) in [4.78, 5) is 12.5. The molecule has 26 heavy (non-hydrogen) atoms. The lowest BCUT2D eigenvalue weighted by atomic mass is 10.1. The lowest BCUT2D eigenvalue weighted by molar-refractivity contribution is 0.0911. The van der Waals surface area contributed by atoms with Gasteiger partial charge in [-0.15, -0.1) is 10.2 Å². The Hall–Kier alpha value is -3.48. The van der Waals surface area contributed by atoms with Gasteiger partial charge in [-0.2, -0.15) is 0 Å². The Kier molecular flexibility index (Phi) is 3.96. The highest BCUT2D eigenvalue weighted by Gasteiger charge is 2.19. The van der Waals surface area contributed by atoms with Crippen LogP contribution in [0.25, 0.3) is 17.0 Å². The highest BCUT2D eigenvalue weighted by Crippen LogP contribution is 2.25. The van der Waals surface area contributed by atoms with E-state index in [1.54, 1.807) is 28.7 Å². The summed E-state index contributed by atoms with van der Waals surface area (Å²) in [7, 11) is 0. The maximum atomic E-state index is 13.9. The van der Waals surface area contributed by atoms with Crippen molar-refractivity contribution in [3.63, 3.8) is 0 Å². The quantitative estimate of drug-likeness (QED) is 0.610. The standard InChI is InChI=1S/C19H15FN4O2/c1-12(18-23-22-17-8-4-5-11-24(17)18)21-19(25)16-10-9-15(26-16)13-6-2-3-7-14(13)20/h2-12H,1H3,(H,21,25). The van der Waals surface area contributed by atoms with Gasteiger partial charge in [0.25, 0.3) is 5.91 Å². The molecule has 3 heterocycles. The van der Waals surface area contributed by atoms with Gasteiger partial charge in [0.15, 0.2) is 17.2 Å². The van der Waals surface area contributed by atoms with Gasteiger partial charge in [0.2, 0.25) is 0 Å². The highest BCUT2D eigenvalue weighted by molar-refractivity contribution is 5.92. The number of aromatic nitrogens is 3. The van der Waals surface area contributed by atoms with Gasteiger partial charge < -0.3 is 9.73 Å². The first-order valence-electron chi connectivity index (χ1n) is 8.09. The largest absolute Gasteiger partial charge is 0.451 e.